The molecule has 1 aliphatic rings. The molecule has 3 aromatic rings. The van der Waals surface area contributed by atoms with Gasteiger partial charge in [0.25, 0.3) is 0 Å². The summed E-state index contributed by atoms with van der Waals surface area (Å²) in [5.74, 6) is 2.52. The zero-order valence-electron chi connectivity index (χ0n) is 18.8. The summed E-state index contributed by atoms with van der Waals surface area (Å²) in [5.41, 5.74) is 3.54. The van der Waals surface area contributed by atoms with Crippen molar-refractivity contribution in [3.63, 3.8) is 0 Å². The fourth-order valence-electron chi connectivity index (χ4n) is 4.74. The third kappa shape index (κ3) is 5.95. The van der Waals surface area contributed by atoms with Gasteiger partial charge < -0.3 is 9.26 Å². The summed E-state index contributed by atoms with van der Waals surface area (Å²) < 4.78 is 11.5. The maximum atomic E-state index is 5.94. The Hall–Kier alpha value is -2.66. The van der Waals surface area contributed by atoms with Crippen LogP contribution in [0.3, 0.4) is 0 Å². The van der Waals surface area contributed by atoms with E-state index in [1.807, 2.05) is 25.4 Å². The van der Waals surface area contributed by atoms with Crippen LogP contribution in [0.5, 0.6) is 5.75 Å². The molecule has 0 aliphatic heterocycles. The van der Waals surface area contributed by atoms with Crippen LogP contribution in [0, 0.1) is 12.8 Å². The summed E-state index contributed by atoms with van der Waals surface area (Å²) in [6, 6.07) is 15.4. The van der Waals surface area contributed by atoms with E-state index in [0.29, 0.717) is 12.0 Å². The zero-order valence-corrected chi connectivity index (χ0v) is 18.8. The van der Waals surface area contributed by atoms with Crippen LogP contribution in [0.2, 0.25) is 0 Å². The molecule has 1 saturated carbocycles. The number of ether oxygens (including phenoxy) is 1. The van der Waals surface area contributed by atoms with E-state index in [1.165, 1.54) is 30.4 Å². The van der Waals surface area contributed by atoms with Crippen molar-refractivity contribution in [2.24, 2.45) is 5.92 Å². The first-order valence-corrected chi connectivity index (χ1v) is 11.4. The minimum Gasteiger partial charge on any atom is -0.491 e. The van der Waals surface area contributed by atoms with Gasteiger partial charge in [-0.15, -0.1) is 0 Å². The highest BCUT2D eigenvalue weighted by Gasteiger charge is 2.33. The molecule has 164 valence electrons. The molecule has 0 saturated heterocycles. The molecule has 0 unspecified atom stereocenters. The monoisotopic (exact) mass is 419 g/mol. The molecule has 5 heteroatoms. The van der Waals surface area contributed by atoms with Gasteiger partial charge in [0.2, 0.25) is 0 Å². The van der Waals surface area contributed by atoms with Crippen molar-refractivity contribution in [2.75, 3.05) is 0 Å². The average molecular weight is 420 g/mol. The molecule has 31 heavy (non-hydrogen) atoms. The number of nitrogens with zero attached hydrogens (tertiary/aromatic N) is 3. The van der Waals surface area contributed by atoms with Gasteiger partial charge in [0.1, 0.15) is 11.5 Å². The molecular formula is C26H33N3O2. The van der Waals surface area contributed by atoms with Gasteiger partial charge >= 0.3 is 0 Å². The minimum atomic E-state index is 0.174. The molecule has 0 amide bonds. The molecule has 0 bridgehead atoms. The fraction of sp³-hybridized carbons (Fsp3) is 0.462. The number of benzene rings is 1. The molecule has 2 heterocycles. The Morgan fingerprint density at radius 1 is 1.06 bits per heavy atom. The van der Waals surface area contributed by atoms with Crippen LogP contribution in [0.25, 0.3) is 0 Å². The topological polar surface area (TPSA) is 51.4 Å². The van der Waals surface area contributed by atoms with E-state index >= 15 is 0 Å². The van der Waals surface area contributed by atoms with E-state index in [4.69, 9.17) is 9.26 Å². The van der Waals surface area contributed by atoms with Crippen molar-refractivity contribution in [3.05, 3.63) is 77.4 Å². The maximum Gasteiger partial charge on any atom is 0.137 e. The van der Waals surface area contributed by atoms with E-state index in [0.717, 1.165) is 36.7 Å². The number of aryl methyl sites for hydroxylation is 1. The summed E-state index contributed by atoms with van der Waals surface area (Å²) in [6.07, 6.45) is 8.59. The Morgan fingerprint density at radius 2 is 1.87 bits per heavy atom. The third-order valence-corrected chi connectivity index (χ3v) is 6.02. The summed E-state index contributed by atoms with van der Waals surface area (Å²) >= 11 is 0. The van der Waals surface area contributed by atoms with Crippen LogP contribution in [0.4, 0.5) is 0 Å². The second-order valence-electron chi connectivity index (χ2n) is 8.97. The van der Waals surface area contributed by atoms with Crippen LogP contribution >= 0.6 is 0 Å². The summed E-state index contributed by atoms with van der Waals surface area (Å²) in [7, 11) is 0. The highest BCUT2D eigenvalue weighted by Crippen LogP contribution is 2.34. The lowest BCUT2D eigenvalue weighted by Gasteiger charge is -2.33. The van der Waals surface area contributed by atoms with Crippen molar-refractivity contribution >= 4 is 0 Å². The quantitative estimate of drug-likeness (QED) is 0.453. The van der Waals surface area contributed by atoms with E-state index in [-0.39, 0.29) is 6.10 Å². The lowest BCUT2D eigenvalue weighted by molar-refractivity contribution is 0.138. The van der Waals surface area contributed by atoms with Crippen molar-refractivity contribution < 1.29 is 9.26 Å². The molecule has 5 nitrogen and oxygen atoms in total. The van der Waals surface area contributed by atoms with Crippen LogP contribution in [0.1, 0.15) is 55.7 Å². The molecule has 2 aromatic heterocycles. The van der Waals surface area contributed by atoms with E-state index < -0.39 is 0 Å². The molecular weight excluding hydrogens is 386 g/mol. The van der Waals surface area contributed by atoms with Crippen molar-refractivity contribution in [1.82, 2.24) is 15.0 Å². The SMILES string of the molecule is Cc1cc(C[C@@H]2CCC[C@H]2N(Cc2ccncc2)Cc2cccc(OC(C)C)c2)on1. The molecule has 1 aliphatic carbocycles. The molecule has 0 N–H and O–H groups in total. The summed E-state index contributed by atoms with van der Waals surface area (Å²) in [5, 5.41) is 4.09. The van der Waals surface area contributed by atoms with Gasteiger partial charge in [0.05, 0.1) is 11.8 Å². The first-order chi connectivity index (χ1) is 15.1. The summed E-state index contributed by atoms with van der Waals surface area (Å²) in [6.45, 7) is 7.93. The van der Waals surface area contributed by atoms with Gasteiger partial charge in [-0.1, -0.05) is 23.7 Å². The largest absolute Gasteiger partial charge is 0.491 e. The number of aromatic nitrogens is 2. The normalized spacial score (nSPS) is 18.7. The Balaban J connectivity index is 1.55. The molecule has 1 fully saturated rings. The van der Waals surface area contributed by atoms with E-state index in [9.17, 15) is 0 Å². The Labute approximate surface area is 185 Å². The standard InChI is InChI=1S/C26H33N3O2/c1-19(2)30-24-8-4-6-22(15-24)18-29(17-21-10-12-27-13-11-21)26-9-5-7-23(26)16-25-14-20(3)28-31-25/h4,6,8,10-15,19,23,26H,5,7,9,16-18H2,1-3H3/t23-,26+/m0/s1. The predicted molar refractivity (Wildman–Crippen MR) is 122 cm³/mol. The van der Waals surface area contributed by atoms with Gasteiger partial charge in [-0.25, -0.2) is 0 Å². The molecule has 0 spiro atoms. The Morgan fingerprint density at radius 3 is 2.61 bits per heavy atom. The zero-order chi connectivity index (χ0) is 21.6. The average Bonchev–Trinajstić information content (AvgIpc) is 3.37. The molecule has 1 aromatic carbocycles. The van der Waals surface area contributed by atoms with Gasteiger partial charge in [-0.05, 0) is 74.9 Å². The highest BCUT2D eigenvalue weighted by molar-refractivity contribution is 5.29. The first-order valence-electron chi connectivity index (χ1n) is 11.4. The third-order valence-electron chi connectivity index (χ3n) is 6.02. The lowest BCUT2D eigenvalue weighted by atomic mass is 9.95. The van der Waals surface area contributed by atoms with Crippen molar-refractivity contribution in [2.45, 2.75) is 71.7 Å². The minimum absolute atomic E-state index is 0.174. The van der Waals surface area contributed by atoms with Crippen LogP contribution in [-0.2, 0) is 19.5 Å². The van der Waals surface area contributed by atoms with Gasteiger partial charge in [-0.3, -0.25) is 9.88 Å². The lowest BCUT2D eigenvalue weighted by Crippen LogP contribution is -2.37. The fourth-order valence-corrected chi connectivity index (χ4v) is 4.74. The predicted octanol–water partition coefficient (Wildman–Crippen LogP) is 5.58. The van der Waals surface area contributed by atoms with E-state index in [1.54, 1.807) is 0 Å². The highest BCUT2D eigenvalue weighted by atomic mass is 16.5. The number of pyridine rings is 1. The molecule has 0 radical (unpaired) electrons. The van der Waals surface area contributed by atoms with Crippen LogP contribution in [0.15, 0.2) is 59.4 Å². The maximum absolute atomic E-state index is 5.94. The Bertz CT molecular complexity index is 954. The first kappa shape index (κ1) is 21.6. The van der Waals surface area contributed by atoms with Gasteiger partial charge in [0, 0.05) is 44.0 Å². The van der Waals surface area contributed by atoms with Gasteiger partial charge in [-0.2, -0.15) is 0 Å². The second-order valence-corrected chi connectivity index (χ2v) is 8.97. The smallest absolute Gasteiger partial charge is 0.137 e. The second kappa shape index (κ2) is 10.1. The van der Waals surface area contributed by atoms with Crippen LogP contribution in [-0.4, -0.2) is 27.2 Å². The van der Waals surface area contributed by atoms with Crippen molar-refractivity contribution in [1.29, 1.82) is 0 Å². The Kier molecular flexibility index (Phi) is 7.03. The van der Waals surface area contributed by atoms with Gasteiger partial charge in [0.15, 0.2) is 0 Å². The number of rotatable bonds is 9. The van der Waals surface area contributed by atoms with E-state index in [2.05, 4.69) is 65.3 Å². The summed E-state index contributed by atoms with van der Waals surface area (Å²) in [4.78, 5) is 6.82. The number of hydrogen-bond donors (Lipinski definition) is 0. The molecule has 2 atom stereocenters. The number of hydrogen-bond acceptors (Lipinski definition) is 5. The van der Waals surface area contributed by atoms with Crippen molar-refractivity contribution in [3.8, 4) is 5.75 Å². The van der Waals surface area contributed by atoms with Crippen LogP contribution < -0.4 is 4.74 Å². The molecule has 4 rings (SSSR count).